The Bertz CT molecular complexity index is 1440. The van der Waals surface area contributed by atoms with Crippen LogP contribution in [0.3, 0.4) is 0 Å². The first kappa shape index (κ1) is 21.7. The van der Waals surface area contributed by atoms with Crippen molar-refractivity contribution in [3.8, 4) is 11.4 Å². The van der Waals surface area contributed by atoms with Crippen LogP contribution in [0, 0.1) is 13.8 Å². The molecule has 2 N–H and O–H groups in total. The van der Waals surface area contributed by atoms with Crippen LogP contribution in [0.25, 0.3) is 21.6 Å². The molecule has 0 saturated carbocycles. The van der Waals surface area contributed by atoms with Crippen molar-refractivity contribution in [3.63, 3.8) is 0 Å². The van der Waals surface area contributed by atoms with E-state index in [1.54, 1.807) is 24.3 Å². The van der Waals surface area contributed by atoms with Crippen molar-refractivity contribution in [2.45, 2.75) is 20.4 Å². The molecule has 0 radical (unpaired) electrons. The van der Waals surface area contributed by atoms with Crippen LogP contribution in [0.4, 0.5) is 5.69 Å². The molecule has 9 heteroatoms. The minimum Gasteiger partial charge on any atom is -0.478 e. The number of aromatic nitrogens is 2. The van der Waals surface area contributed by atoms with Gasteiger partial charge >= 0.3 is 5.97 Å². The number of thiophene rings is 1. The summed E-state index contributed by atoms with van der Waals surface area (Å²) in [6, 6.07) is 12.5. The number of amides is 1. The fourth-order valence-electron chi connectivity index (χ4n) is 3.40. The van der Waals surface area contributed by atoms with Crippen LogP contribution >= 0.6 is 22.9 Å². The van der Waals surface area contributed by atoms with E-state index in [2.05, 4.69) is 10.3 Å². The van der Waals surface area contributed by atoms with Gasteiger partial charge in [0.15, 0.2) is 0 Å². The molecule has 1 amide bonds. The quantitative estimate of drug-likeness (QED) is 0.441. The van der Waals surface area contributed by atoms with Gasteiger partial charge in [-0.2, -0.15) is 0 Å². The van der Waals surface area contributed by atoms with Gasteiger partial charge in [0, 0.05) is 21.7 Å². The maximum Gasteiger partial charge on any atom is 0.337 e. The highest BCUT2D eigenvalue weighted by Gasteiger charge is 2.22. The number of carbonyl (C=O) groups excluding carboxylic acids is 1. The number of rotatable bonds is 5. The van der Waals surface area contributed by atoms with Crippen LogP contribution < -0.4 is 10.9 Å². The molecule has 0 bridgehead atoms. The van der Waals surface area contributed by atoms with E-state index in [1.807, 2.05) is 32.0 Å². The number of benzene rings is 2. The standard InChI is InChI=1S/C23H18ClN3O4S/c1-12-4-3-5-14(8-12)20-26-21-19(16(11-32-21)23(30)31)22(29)27(20)10-18(28)25-17-9-15(24)7-6-13(17)2/h3-9,11H,10H2,1-2H3,(H,25,28)(H,30,31). The molecule has 2 heterocycles. The van der Waals surface area contributed by atoms with Crippen LogP contribution in [0.2, 0.25) is 5.02 Å². The Labute approximate surface area is 191 Å². The van der Waals surface area contributed by atoms with Crippen LogP contribution in [0.1, 0.15) is 21.5 Å². The smallest absolute Gasteiger partial charge is 0.337 e. The number of halogens is 1. The normalized spacial score (nSPS) is 11.0. The number of hydrogen-bond donors (Lipinski definition) is 2. The number of aromatic carboxylic acids is 1. The number of nitrogens with zero attached hydrogens (tertiary/aromatic N) is 2. The van der Waals surface area contributed by atoms with E-state index in [0.29, 0.717) is 26.9 Å². The molecule has 7 nitrogen and oxygen atoms in total. The minimum absolute atomic E-state index is 0.00867. The third kappa shape index (κ3) is 4.15. The van der Waals surface area contributed by atoms with E-state index in [4.69, 9.17) is 11.6 Å². The van der Waals surface area contributed by atoms with Crippen LogP contribution in [-0.2, 0) is 11.3 Å². The van der Waals surface area contributed by atoms with E-state index >= 15 is 0 Å². The van der Waals surface area contributed by atoms with Gasteiger partial charge in [0.25, 0.3) is 5.56 Å². The number of aryl methyl sites for hydroxylation is 2. The van der Waals surface area contributed by atoms with Crippen molar-refractivity contribution in [1.29, 1.82) is 0 Å². The second kappa shape index (κ2) is 8.57. The maximum atomic E-state index is 13.4. The molecule has 0 unspecified atom stereocenters. The summed E-state index contributed by atoms with van der Waals surface area (Å²) in [4.78, 5) is 42.7. The van der Waals surface area contributed by atoms with Crippen molar-refractivity contribution in [3.05, 3.63) is 79.9 Å². The summed E-state index contributed by atoms with van der Waals surface area (Å²) in [6.07, 6.45) is 0. The molecular formula is C23H18ClN3O4S. The topological polar surface area (TPSA) is 101 Å². The van der Waals surface area contributed by atoms with Crippen molar-refractivity contribution in [2.24, 2.45) is 0 Å². The lowest BCUT2D eigenvalue weighted by atomic mass is 10.1. The highest BCUT2D eigenvalue weighted by Crippen LogP contribution is 2.26. The molecule has 2 aromatic carbocycles. The molecule has 4 rings (SSSR count). The van der Waals surface area contributed by atoms with Crippen LogP contribution in [0.15, 0.2) is 52.6 Å². The molecule has 0 aliphatic rings. The summed E-state index contributed by atoms with van der Waals surface area (Å²) in [5, 5.41) is 14.1. The number of carboxylic acid groups (broad SMARTS) is 1. The summed E-state index contributed by atoms with van der Waals surface area (Å²) in [5.74, 6) is -1.38. The van der Waals surface area contributed by atoms with E-state index in [-0.39, 0.29) is 17.5 Å². The predicted octanol–water partition coefficient (Wildman–Crippen LogP) is 4.73. The van der Waals surface area contributed by atoms with E-state index in [1.165, 1.54) is 9.95 Å². The zero-order chi connectivity index (χ0) is 23.0. The molecule has 0 aliphatic heterocycles. The first-order valence-corrected chi connectivity index (χ1v) is 10.9. The Morgan fingerprint density at radius 1 is 1.19 bits per heavy atom. The van der Waals surface area contributed by atoms with Gasteiger partial charge in [-0.3, -0.25) is 14.2 Å². The first-order valence-electron chi connectivity index (χ1n) is 9.63. The van der Waals surface area contributed by atoms with Gasteiger partial charge in [0.1, 0.15) is 17.2 Å². The number of fused-ring (bicyclic) bond motifs is 1. The minimum atomic E-state index is -1.22. The third-order valence-corrected chi connectivity index (χ3v) is 6.08. The van der Waals surface area contributed by atoms with E-state index < -0.39 is 17.4 Å². The SMILES string of the molecule is Cc1cccc(-c2nc3scc(C(=O)O)c3c(=O)n2CC(=O)Nc2cc(Cl)ccc2C)c1. The lowest BCUT2D eigenvalue weighted by molar-refractivity contribution is -0.116. The molecule has 32 heavy (non-hydrogen) atoms. The molecule has 0 aliphatic carbocycles. The number of hydrogen-bond acceptors (Lipinski definition) is 5. The number of nitrogens with one attached hydrogen (secondary N) is 1. The molecule has 162 valence electrons. The fraction of sp³-hybridized carbons (Fsp3) is 0.130. The van der Waals surface area contributed by atoms with Gasteiger partial charge in [-0.1, -0.05) is 41.4 Å². The predicted molar refractivity (Wildman–Crippen MR) is 126 cm³/mol. The summed E-state index contributed by atoms with van der Waals surface area (Å²) in [6.45, 7) is 3.40. The lowest BCUT2D eigenvalue weighted by Crippen LogP contribution is -2.30. The molecule has 2 aromatic heterocycles. The molecule has 0 spiro atoms. The van der Waals surface area contributed by atoms with Crippen molar-refractivity contribution in [1.82, 2.24) is 9.55 Å². The van der Waals surface area contributed by atoms with Gasteiger partial charge in [0.05, 0.1) is 10.9 Å². The van der Waals surface area contributed by atoms with Crippen LogP contribution in [-0.4, -0.2) is 26.5 Å². The Kier molecular flexibility index (Phi) is 5.82. The Hall–Kier alpha value is -3.49. The van der Waals surface area contributed by atoms with Crippen molar-refractivity contribution in [2.75, 3.05) is 5.32 Å². The van der Waals surface area contributed by atoms with E-state index in [0.717, 1.165) is 22.5 Å². The first-order chi connectivity index (χ1) is 15.2. The molecule has 4 aromatic rings. The Morgan fingerprint density at radius 2 is 1.97 bits per heavy atom. The van der Waals surface area contributed by atoms with E-state index in [9.17, 15) is 19.5 Å². The summed E-state index contributed by atoms with van der Waals surface area (Å²) in [5.41, 5.74) is 2.25. The fourth-order valence-corrected chi connectivity index (χ4v) is 4.47. The van der Waals surface area contributed by atoms with Gasteiger partial charge in [-0.15, -0.1) is 11.3 Å². The molecule has 0 saturated heterocycles. The maximum absolute atomic E-state index is 13.4. The average Bonchev–Trinajstić information content (AvgIpc) is 3.17. The summed E-state index contributed by atoms with van der Waals surface area (Å²) >= 11 is 7.12. The van der Waals surface area contributed by atoms with Gasteiger partial charge in [-0.25, -0.2) is 9.78 Å². The van der Waals surface area contributed by atoms with Crippen molar-refractivity contribution < 1.29 is 14.7 Å². The monoisotopic (exact) mass is 467 g/mol. The van der Waals surface area contributed by atoms with Gasteiger partial charge < -0.3 is 10.4 Å². The lowest BCUT2D eigenvalue weighted by Gasteiger charge is -2.14. The van der Waals surface area contributed by atoms with Crippen LogP contribution in [0.5, 0.6) is 0 Å². The number of anilines is 1. The molecule has 0 fully saturated rings. The van der Waals surface area contributed by atoms with Gasteiger partial charge in [0.2, 0.25) is 5.91 Å². The highest BCUT2D eigenvalue weighted by atomic mass is 35.5. The Balaban J connectivity index is 1.84. The summed E-state index contributed by atoms with van der Waals surface area (Å²) in [7, 11) is 0. The average molecular weight is 468 g/mol. The summed E-state index contributed by atoms with van der Waals surface area (Å²) < 4.78 is 1.21. The zero-order valence-electron chi connectivity index (χ0n) is 17.2. The third-order valence-electron chi connectivity index (χ3n) is 4.98. The number of carbonyl (C=O) groups is 2. The second-order valence-electron chi connectivity index (χ2n) is 7.34. The van der Waals surface area contributed by atoms with Crippen molar-refractivity contribution >= 4 is 50.7 Å². The van der Waals surface area contributed by atoms with Gasteiger partial charge in [-0.05, 0) is 37.6 Å². The molecule has 0 atom stereocenters. The Morgan fingerprint density at radius 3 is 2.69 bits per heavy atom. The highest BCUT2D eigenvalue weighted by molar-refractivity contribution is 7.17. The zero-order valence-corrected chi connectivity index (χ0v) is 18.8. The number of carboxylic acids is 1. The molecular weight excluding hydrogens is 450 g/mol. The second-order valence-corrected chi connectivity index (χ2v) is 8.63. The largest absolute Gasteiger partial charge is 0.478 e.